The Labute approximate surface area is 197 Å². The van der Waals surface area contributed by atoms with E-state index in [2.05, 4.69) is 37.9 Å². The lowest BCUT2D eigenvalue weighted by atomic mass is 9.84. The molecule has 0 radical (unpaired) electrons. The first-order valence-electron chi connectivity index (χ1n) is 11.7. The summed E-state index contributed by atoms with van der Waals surface area (Å²) in [6.45, 7) is 12.0. The Kier molecular flexibility index (Phi) is 8.01. The summed E-state index contributed by atoms with van der Waals surface area (Å²) in [7, 11) is 1.56. The fourth-order valence-electron chi connectivity index (χ4n) is 4.55. The van der Waals surface area contributed by atoms with Crippen molar-refractivity contribution in [2.45, 2.75) is 40.5 Å². The Balaban J connectivity index is 1.51. The summed E-state index contributed by atoms with van der Waals surface area (Å²) in [5.41, 5.74) is 2.58. The number of nitrogens with zero attached hydrogens (tertiary/aromatic N) is 2. The summed E-state index contributed by atoms with van der Waals surface area (Å²) in [5.74, 6) is 1.01. The normalized spacial score (nSPS) is 15.2. The van der Waals surface area contributed by atoms with Crippen molar-refractivity contribution < 1.29 is 14.3 Å². The van der Waals surface area contributed by atoms with E-state index >= 15 is 0 Å². The van der Waals surface area contributed by atoms with Crippen LogP contribution in [0.3, 0.4) is 0 Å². The zero-order valence-electron chi connectivity index (χ0n) is 20.6. The molecule has 1 aliphatic heterocycles. The minimum Gasteiger partial charge on any atom is -0.496 e. The maximum absolute atomic E-state index is 12.7. The number of piperazine rings is 1. The highest BCUT2D eigenvalue weighted by Crippen LogP contribution is 2.27. The molecule has 33 heavy (non-hydrogen) atoms. The Morgan fingerprint density at radius 2 is 1.64 bits per heavy atom. The molecule has 1 unspecified atom stereocenters. The molecular weight excluding hydrogens is 414 g/mol. The highest BCUT2D eigenvalue weighted by molar-refractivity contribution is 6.06. The van der Waals surface area contributed by atoms with E-state index < -0.39 is 0 Å². The zero-order valence-corrected chi connectivity index (χ0v) is 20.6. The maximum atomic E-state index is 12.7. The van der Waals surface area contributed by atoms with Crippen molar-refractivity contribution in [1.29, 1.82) is 0 Å². The average Bonchev–Trinajstić information content (AvgIpc) is 2.78. The van der Waals surface area contributed by atoms with Crippen molar-refractivity contribution >= 4 is 23.2 Å². The number of benzene rings is 2. The third-order valence-electron chi connectivity index (χ3n) is 5.96. The fourth-order valence-corrected chi connectivity index (χ4v) is 4.55. The molecule has 2 amide bonds. The molecule has 1 heterocycles. The Morgan fingerprint density at radius 1 is 1.00 bits per heavy atom. The van der Waals surface area contributed by atoms with E-state index in [-0.39, 0.29) is 17.2 Å². The van der Waals surface area contributed by atoms with Crippen LogP contribution in [0.2, 0.25) is 0 Å². The van der Waals surface area contributed by atoms with Crippen LogP contribution in [-0.4, -0.2) is 50.0 Å². The lowest BCUT2D eigenvalue weighted by molar-refractivity contribution is -0.132. The second-order valence-electron chi connectivity index (χ2n) is 10.1. The number of hydrogen-bond donors (Lipinski definition) is 1. The third-order valence-corrected chi connectivity index (χ3v) is 5.96. The van der Waals surface area contributed by atoms with Crippen LogP contribution in [0.5, 0.6) is 5.75 Å². The summed E-state index contributed by atoms with van der Waals surface area (Å²) in [6.07, 6.45) is 1.68. The van der Waals surface area contributed by atoms with Gasteiger partial charge in [0.05, 0.1) is 12.7 Å². The van der Waals surface area contributed by atoms with Crippen LogP contribution < -0.4 is 15.0 Å². The predicted octanol–water partition coefficient (Wildman–Crippen LogP) is 5.06. The molecule has 1 fully saturated rings. The van der Waals surface area contributed by atoms with Crippen LogP contribution in [0.15, 0.2) is 48.5 Å². The van der Waals surface area contributed by atoms with Gasteiger partial charge in [0.25, 0.3) is 5.91 Å². The van der Waals surface area contributed by atoms with Crippen molar-refractivity contribution in [3.05, 3.63) is 54.1 Å². The predicted molar refractivity (Wildman–Crippen MR) is 134 cm³/mol. The van der Waals surface area contributed by atoms with Crippen molar-refractivity contribution in [3.63, 3.8) is 0 Å². The van der Waals surface area contributed by atoms with Crippen LogP contribution in [-0.2, 0) is 4.79 Å². The standard InChI is InChI=1S/C27H37N3O3/c1-20(19-27(2,3)4)18-25(31)30-16-14-29(15-17-30)22-12-10-21(11-13-22)28-26(32)23-8-6-7-9-24(23)33-5/h6-13,20H,14-19H2,1-5H3,(H,28,32). The van der Waals surface area contributed by atoms with Crippen molar-refractivity contribution in [1.82, 2.24) is 4.90 Å². The molecular formula is C27H37N3O3. The zero-order chi connectivity index (χ0) is 24.0. The van der Waals surface area contributed by atoms with Gasteiger partial charge in [0.15, 0.2) is 0 Å². The van der Waals surface area contributed by atoms with Crippen molar-refractivity contribution in [3.8, 4) is 5.75 Å². The smallest absolute Gasteiger partial charge is 0.259 e. The van der Waals surface area contributed by atoms with E-state index in [1.807, 2.05) is 41.3 Å². The highest BCUT2D eigenvalue weighted by Gasteiger charge is 2.24. The number of carbonyl (C=O) groups excluding carboxylic acids is 2. The third kappa shape index (κ3) is 6.98. The topological polar surface area (TPSA) is 61.9 Å². The number of anilines is 2. The van der Waals surface area contributed by atoms with Crippen LogP contribution in [0.1, 0.15) is 50.9 Å². The van der Waals surface area contributed by atoms with E-state index in [1.165, 1.54) is 0 Å². The second kappa shape index (κ2) is 10.7. The Bertz CT molecular complexity index is 942. The molecule has 0 saturated carbocycles. The van der Waals surface area contributed by atoms with Crippen molar-refractivity contribution in [2.24, 2.45) is 11.3 Å². The SMILES string of the molecule is COc1ccccc1C(=O)Nc1ccc(N2CCN(C(=O)CC(C)CC(C)(C)C)CC2)cc1. The Hall–Kier alpha value is -3.02. The first-order valence-corrected chi connectivity index (χ1v) is 11.7. The largest absolute Gasteiger partial charge is 0.496 e. The lowest BCUT2D eigenvalue weighted by Gasteiger charge is -2.37. The minimum absolute atomic E-state index is 0.201. The van der Waals surface area contributed by atoms with Crippen LogP contribution in [0.4, 0.5) is 11.4 Å². The number of carbonyl (C=O) groups is 2. The molecule has 0 aliphatic carbocycles. The van der Waals surface area contributed by atoms with Crippen LogP contribution in [0, 0.1) is 11.3 Å². The number of para-hydroxylation sites is 1. The summed E-state index contributed by atoms with van der Waals surface area (Å²) in [5, 5.41) is 2.93. The van der Waals surface area contributed by atoms with Crippen molar-refractivity contribution in [2.75, 3.05) is 43.5 Å². The Morgan fingerprint density at radius 3 is 2.24 bits per heavy atom. The molecule has 2 aromatic rings. The van der Waals surface area contributed by atoms with E-state index in [9.17, 15) is 9.59 Å². The molecule has 0 bridgehead atoms. The molecule has 178 valence electrons. The minimum atomic E-state index is -0.201. The van der Waals surface area contributed by atoms with E-state index in [0.29, 0.717) is 23.7 Å². The first kappa shape index (κ1) is 24.6. The molecule has 3 rings (SSSR count). The van der Waals surface area contributed by atoms with Gasteiger partial charge in [-0.05, 0) is 54.2 Å². The molecule has 6 heteroatoms. The molecule has 1 atom stereocenters. The van der Waals surface area contributed by atoms with E-state index in [0.717, 1.165) is 44.0 Å². The summed E-state index contributed by atoms with van der Waals surface area (Å²) >= 11 is 0. The number of hydrogen-bond acceptors (Lipinski definition) is 4. The maximum Gasteiger partial charge on any atom is 0.259 e. The molecule has 6 nitrogen and oxygen atoms in total. The molecule has 0 spiro atoms. The quantitative estimate of drug-likeness (QED) is 0.639. The highest BCUT2D eigenvalue weighted by atomic mass is 16.5. The first-order chi connectivity index (χ1) is 15.7. The number of methoxy groups -OCH3 is 1. The summed E-state index contributed by atoms with van der Waals surface area (Å²) in [6, 6.07) is 15.0. The fraction of sp³-hybridized carbons (Fsp3) is 0.481. The molecule has 1 saturated heterocycles. The van der Waals surface area contributed by atoms with Gasteiger partial charge in [-0.15, -0.1) is 0 Å². The van der Waals surface area contributed by atoms with Gasteiger partial charge in [-0.1, -0.05) is 39.8 Å². The van der Waals surface area contributed by atoms with E-state index in [1.54, 1.807) is 19.2 Å². The van der Waals surface area contributed by atoms with Gasteiger partial charge in [0, 0.05) is 44.0 Å². The number of amides is 2. The van der Waals surface area contributed by atoms with Gasteiger partial charge < -0.3 is 19.9 Å². The van der Waals surface area contributed by atoms with Crippen LogP contribution in [0.25, 0.3) is 0 Å². The number of ether oxygens (including phenoxy) is 1. The second-order valence-corrected chi connectivity index (χ2v) is 10.1. The van der Waals surface area contributed by atoms with Gasteiger partial charge in [-0.25, -0.2) is 0 Å². The van der Waals surface area contributed by atoms with Gasteiger partial charge >= 0.3 is 0 Å². The van der Waals surface area contributed by atoms with Gasteiger partial charge in [0.2, 0.25) is 5.91 Å². The van der Waals surface area contributed by atoms with Gasteiger partial charge in [-0.3, -0.25) is 9.59 Å². The molecule has 1 aliphatic rings. The van der Waals surface area contributed by atoms with E-state index in [4.69, 9.17) is 4.74 Å². The van der Waals surface area contributed by atoms with Crippen LogP contribution >= 0.6 is 0 Å². The molecule has 0 aromatic heterocycles. The molecule has 1 N–H and O–H groups in total. The van der Waals surface area contributed by atoms with Gasteiger partial charge in [-0.2, -0.15) is 0 Å². The lowest BCUT2D eigenvalue weighted by Crippen LogP contribution is -2.49. The number of rotatable bonds is 7. The van der Waals surface area contributed by atoms with Gasteiger partial charge in [0.1, 0.15) is 5.75 Å². The average molecular weight is 452 g/mol. The number of nitrogens with one attached hydrogen (secondary N) is 1. The summed E-state index contributed by atoms with van der Waals surface area (Å²) < 4.78 is 5.27. The summed E-state index contributed by atoms with van der Waals surface area (Å²) in [4.78, 5) is 29.6. The monoisotopic (exact) mass is 451 g/mol. The molecule has 2 aromatic carbocycles.